The fourth-order valence-corrected chi connectivity index (χ4v) is 1.79. The zero-order valence-electron chi connectivity index (χ0n) is 12.4. The molecule has 0 saturated heterocycles. The van der Waals surface area contributed by atoms with Crippen LogP contribution in [0.2, 0.25) is 0 Å². The Balaban J connectivity index is 3.20. The number of nitrogens with one attached hydrogen (secondary N) is 1. The summed E-state index contributed by atoms with van der Waals surface area (Å²) in [6.07, 6.45) is 0. The van der Waals surface area contributed by atoms with Crippen molar-refractivity contribution in [3.63, 3.8) is 0 Å². The number of ether oxygens (including phenoxy) is 2. The van der Waals surface area contributed by atoms with E-state index in [4.69, 9.17) is 9.47 Å². The lowest BCUT2D eigenvalue weighted by atomic mass is 10.1. The van der Waals surface area contributed by atoms with Crippen LogP contribution in [0.5, 0.6) is 0 Å². The van der Waals surface area contributed by atoms with Gasteiger partial charge in [-0.15, -0.1) is 0 Å². The highest BCUT2D eigenvalue weighted by molar-refractivity contribution is 5.98. The van der Waals surface area contributed by atoms with Gasteiger partial charge in [0.1, 0.15) is 18.0 Å². The zero-order valence-corrected chi connectivity index (χ0v) is 12.4. The Morgan fingerprint density at radius 3 is 2.30 bits per heavy atom. The van der Waals surface area contributed by atoms with Gasteiger partial charge in [-0.25, -0.2) is 14.0 Å². The highest BCUT2D eigenvalue weighted by Gasteiger charge is 2.28. The van der Waals surface area contributed by atoms with Crippen LogP contribution in [0.15, 0.2) is 0 Å². The minimum Gasteiger partial charge on any atom is -0.462 e. The standard InChI is InChI=1S/C14H20FNO4/c1-6-19-12(17)10-8(2)16-11(9(10)7-15)13(18)20-14(3,4)5/h16H,6-7H2,1-5H3. The molecule has 1 rings (SSSR count). The van der Waals surface area contributed by atoms with Crippen LogP contribution in [0, 0.1) is 6.92 Å². The highest BCUT2D eigenvalue weighted by Crippen LogP contribution is 2.23. The molecule has 0 amide bonds. The van der Waals surface area contributed by atoms with Crippen LogP contribution in [-0.2, 0) is 16.1 Å². The van der Waals surface area contributed by atoms with Crippen LogP contribution in [0.25, 0.3) is 0 Å². The number of carbonyl (C=O) groups is 2. The van der Waals surface area contributed by atoms with Crippen molar-refractivity contribution in [3.05, 3.63) is 22.5 Å². The summed E-state index contributed by atoms with van der Waals surface area (Å²) in [6.45, 7) is 7.60. The van der Waals surface area contributed by atoms with Crippen LogP contribution in [0.3, 0.4) is 0 Å². The van der Waals surface area contributed by atoms with E-state index in [0.717, 1.165) is 0 Å². The molecule has 1 heterocycles. The first kappa shape index (κ1) is 16.2. The van der Waals surface area contributed by atoms with E-state index >= 15 is 0 Å². The summed E-state index contributed by atoms with van der Waals surface area (Å²) in [6, 6.07) is 0. The monoisotopic (exact) mass is 285 g/mol. The maximum atomic E-state index is 13.2. The number of hydrogen-bond donors (Lipinski definition) is 1. The van der Waals surface area contributed by atoms with Crippen molar-refractivity contribution in [2.45, 2.75) is 46.9 Å². The summed E-state index contributed by atoms with van der Waals surface area (Å²) in [5, 5.41) is 0. The molecule has 0 aliphatic carbocycles. The second-order valence-electron chi connectivity index (χ2n) is 5.33. The first-order valence-electron chi connectivity index (χ1n) is 6.39. The largest absolute Gasteiger partial charge is 0.462 e. The van der Waals surface area contributed by atoms with Crippen LogP contribution in [-0.4, -0.2) is 29.1 Å². The Hall–Kier alpha value is -1.85. The SMILES string of the molecule is CCOC(=O)c1c(C)[nH]c(C(=O)OC(C)(C)C)c1CF. The molecule has 112 valence electrons. The number of carbonyl (C=O) groups excluding carboxylic acids is 2. The van der Waals surface area contributed by atoms with Gasteiger partial charge in [0, 0.05) is 11.3 Å². The van der Waals surface area contributed by atoms with Gasteiger partial charge in [0.25, 0.3) is 0 Å². The first-order chi connectivity index (χ1) is 9.21. The lowest BCUT2D eigenvalue weighted by molar-refractivity contribution is 0.00614. The number of esters is 2. The van der Waals surface area contributed by atoms with Crippen LogP contribution in [0.1, 0.15) is 59.8 Å². The molecule has 1 N–H and O–H groups in total. The van der Waals surface area contributed by atoms with Gasteiger partial charge in [-0.1, -0.05) is 0 Å². The van der Waals surface area contributed by atoms with E-state index in [0.29, 0.717) is 5.69 Å². The van der Waals surface area contributed by atoms with E-state index in [1.807, 2.05) is 0 Å². The quantitative estimate of drug-likeness (QED) is 0.864. The van der Waals surface area contributed by atoms with Crippen LogP contribution >= 0.6 is 0 Å². The van der Waals surface area contributed by atoms with E-state index in [1.165, 1.54) is 0 Å². The summed E-state index contributed by atoms with van der Waals surface area (Å²) in [5.41, 5.74) is -0.307. The molecule has 0 radical (unpaired) electrons. The van der Waals surface area contributed by atoms with E-state index in [1.54, 1.807) is 34.6 Å². The fourth-order valence-electron chi connectivity index (χ4n) is 1.79. The predicted molar refractivity (Wildman–Crippen MR) is 71.5 cm³/mol. The van der Waals surface area contributed by atoms with Crippen molar-refractivity contribution in [1.82, 2.24) is 4.98 Å². The number of halogens is 1. The van der Waals surface area contributed by atoms with Gasteiger partial charge in [0.05, 0.1) is 12.2 Å². The molecule has 0 saturated carbocycles. The number of H-pyrrole nitrogens is 1. The number of aromatic nitrogens is 1. The molecule has 20 heavy (non-hydrogen) atoms. The van der Waals surface area contributed by atoms with E-state index in [-0.39, 0.29) is 23.4 Å². The molecule has 5 nitrogen and oxygen atoms in total. The van der Waals surface area contributed by atoms with E-state index in [9.17, 15) is 14.0 Å². The summed E-state index contributed by atoms with van der Waals surface area (Å²) >= 11 is 0. The number of alkyl halides is 1. The third kappa shape index (κ3) is 3.59. The Bertz CT molecular complexity index is 514. The Kier molecular flexibility index (Phi) is 4.92. The molecule has 0 aromatic carbocycles. The van der Waals surface area contributed by atoms with Crippen molar-refractivity contribution in [1.29, 1.82) is 0 Å². The lowest BCUT2D eigenvalue weighted by Crippen LogP contribution is -2.24. The second kappa shape index (κ2) is 6.07. The molecule has 0 unspecified atom stereocenters. The third-order valence-electron chi connectivity index (χ3n) is 2.51. The van der Waals surface area contributed by atoms with Crippen molar-refractivity contribution in [2.75, 3.05) is 6.61 Å². The average Bonchev–Trinajstić information content (AvgIpc) is 2.64. The molecular formula is C14H20FNO4. The fraction of sp³-hybridized carbons (Fsp3) is 0.571. The molecule has 0 aliphatic heterocycles. The molecule has 0 spiro atoms. The van der Waals surface area contributed by atoms with Crippen molar-refractivity contribution in [2.24, 2.45) is 0 Å². The summed E-state index contributed by atoms with van der Waals surface area (Å²) in [5.74, 6) is -1.34. The van der Waals surface area contributed by atoms with Crippen molar-refractivity contribution in [3.8, 4) is 0 Å². The zero-order chi connectivity index (χ0) is 15.5. The Morgan fingerprint density at radius 1 is 1.25 bits per heavy atom. The average molecular weight is 285 g/mol. The number of aromatic amines is 1. The van der Waals surface area contributed by atoms with Gasteiger partial charge in [0.2, 0.25) is 0 Å². The minimum absolute atomic E-state index is 0.0183. The summed E-state index contributed by atoms with van der Waals surface area (Å²) in [7, 11) is 0. The van der Waals surface area contributed by atoms with Gasteiger partial charge in [-0.2, -0.15) is 0 Å². The number of aryl methyl sites for hydroxylation is 1. The highest BCUT2D eigenvalue weighted by atomic mass is 19.1. The molecule has 0 bridgehead atoms. The number of rotatable bonds is 4. The van der Waals surface area contributed by atoms with Gasteiger partial charge in [-0.3, -0.25) is 0 Å². The maximum absolute atomic E-state index is 13.2. The van der Waals surface area contributed by atoms with Gasteiger partial charge in [-0.05, 0) is 34.6 Å². The van der Waals surface area contributed by atoms with Gasteiger partial charge < -0.3 is 14.5 Å². The molecule has 0 atom stereocenters. The maximum Gasteiger partial charge on any atom is 0.355 e. The predicted octanol–water partition coefficient (Wildman–Crippen LogP) is 2.92. The van der Waals surface area contributed by atoms with Crippen molar-refractivity contribution >= 4 is 11.9 Å². The van der Waals surface area contributed by atoms with Crippen LogP contribution < -0.4 is 0 Å². The Morgan fingerprint density at radius 2 is 1.85 bits per heavy atom. The summed E-state index contributed by atoms with van der Waals surface area (Å²) in [4.78, 5) is 26.5. The van der Waals surface area contributed by atoms with Crippen molar-refractivity contribution < 1.29 is 23.5 Å². The third-order valence-corrected chi connectivity index (χ3v) is 2.51. The number of hydrogen-bond acceptors (Lipinski definition) is 4. The molecule has 0 aliphatic rings. The van der Waals surface area contributed by atoms with E-state index < -0.39 is 24.2 Å². The molecule has 1 aromatic rings. The van der Waals surface area contributed by atoms with Gasteiger partial charge >= 0.3 is 11.9 Å². The lowest BCUT2D eigenvalue weighted by Gasteiger charge is -2.19. The van der Waals surface area contributed by atoms with Gasteiger partial charge in [0.15, 0.2) is 0 Å². The molecule has 0 fully saturated rings. The molecule has 6 heteroatoms. The molecular weight excluding hydrogens is 265 g/mol. The Labute approximate surface area is 117 Å². The first-order valence-corrected chi connectivity index (χ1v) is 6.39. The smallest absolute Gasteiger partial charge is 0.355 e. The second-order valence-corrected chi connectivity index (χ2v) is 5.33. The topological polar surface area (TPSA) is 68.4 Å². The van der Waals surface area contributed by atoms with E-state index in [2.05, 4.69) is 4.98 Å². The van der Waals surface area contributed by atoms with Crippen LogP contribution in [0.4, 0.5) is 4.39 Å². The summed E-state index contributed by atoms with van der Waals surface area (Å²) < 4.78 is 23.3. The normalized spacial score (nSPS) is 11.3. The minimum atomic E-state index is -0.951. The molecule has 1 aromatic heterocycles.